The summed E-state index contributed by atoms with van der Waals surface area (Å²) < 4.78 is 11.0. The maximum Gasteiger partial charge on any atom is 0.333 e. The van der Waals surface area contributed by atoms with E-state index in [1.165, 1.54) is 0 Å². The van der Waals surface area contributed by atoms with Crippen LogP contribution in [0.5, 0.6) is 5.75 Å². The molecule has 148 valence electrons. The summed E-state index contributed by atoms with van der Waals surface area (Å²) in [5.74, 6) is -0.219. The highest BCUT2D eigenvalue weighted by molar-refractivity contribution is 5.96. The van der Waals surface area contributed by atoms with Crippen molar-refractivity contribution < 1.29 is 24.2 Å². The molecule has 0 radical (unpaired) electrons. The molecule has 0 saturated carbocycles. The number of carbonyl (C=O) groups excluding carboxylic acids is 1. The van der Waals surface area contributed by atoms with Gasteiger partial charge in [0.25, 0.3) is 5.91 Å². The first kappa shape index (κ1) is 19.9. The molecular formula is C22H25NO5. The Morgan fingerprint density at radius 3 is 2.64 bits per heavy atom. The van der Waals surface area contributed by atoms with Crippen LogP contribution in [0.25, 0.3) is 0 Å². The second kappa shape index (κ2) is 9.37. The summed E-state index contributed by atoms with van der Waals surface area (Å²) in [5.41, 5.74) is 2.75. The molecule has 1 aliphatic rings. The summed E-state index contributed by atoms with van der Waals surface area (Å²) in [7, 11) is 0. The molecule has 1 heterocycles. The maximum absolute atomic E-state index is 12.5. The number of amides is 1. The van der Waals surface area contributed by atoms with Crippen LogP contribution in [0.1, 0.15) is 28.4 Å². The van der Waals surface area contributed by atoms with E-state index in [2.05, 4.69) is 0 Å². The minimum Gasteiger partial charge on any atom is -0.492 e. The topological polar surface area (TPSA) is 76.1 Å². The fraction of sp³-hybridized carbons (Fsp3) is 0.364. The monoisotopic (exact) mass is 383 g/mol. The van der Waals surface area contributed by atoms with Gasteiger partial charge in [0.1, 0.15) is 12.4 Å². The van der Waals surface area contributed by atoms with Gasteiger partial charge < -0.3 is 19.5 Å². The maximum atomic E-state index is 12.5. The minimum absolute atomic E-state index is 0.0523. The average Bonchev–Trinajstić information content (AvgIpc) is 2.70. The molecule has 6 heteroatoms. The number of hydrogen-bond donors (Lipinski definition) is 1. The Morgan fingerprint density at radius 2 is 1.93 bits per heavy atom. The van der Waals surface area contributed by atoms with Crippen LogP contribution in [0, 0.1) is 0 Å². The number of carbonyl (C=O) groups is 2. The number of ether oxygens (including phenoxy) is 2. The van der Waals surface area contributed by atoms with Gasteiger partial charge in [-0.3, -0.25) is 4.79 Å². The molecule has 0 spiro atoms. The molecule has 1 unspecified atom stereocenters. The molecule has 2 aromatic carbocycles. The summed E-state index contributed by atoms with van der Waals surface area (Å²) >= 11 is 0. The first-order chi connectivity index (χ1) is 13.6. The van der Waals surface area contributed by atoms with Crippen LogP contribution in [0.15, 0.2) is 48.5 Å². The van der Waals surface area contributed by atoms with Crippen LogP contribution in [0.4, 0.5) is 0 Å². The van der Waals surface area contributed by atoms with Crippen molar-refractivity contribution >= 4 is 11.9 Å². The van der Waals surface area contributed by atoms with Gasteiger partial charge in [0.15, 0.2) is 6.10 Å². The lowest BCUT2D eigenvalue weighted by Crippen LogP contribution is -2.40. The average molecular weight is 383 g/mol. The van der Waals surface area contributed by atoms with Crippen LogP contribution in [-0.4, -0.2) is 54.3 Å². The van der Waals surface area contributed by atoms with Crippen LogP contribution in [0.2, 0.25) is 0 Å². The van der Waals surface area contributed by atoms with Crippen molar-refractivity contribution in [1.82, 2.24) is 4.90 Å². The molecule has 1 N–H and O–H groups in total. The Hall–Kier alpha value is -2.86. The molecule has 1 amide bonds. The number of aliphatic carboxylic acids is 1. The number of carboxylic acid groups (broad SMARTS) is 1. The molecule has 0 bridgehead atoms. The highest BCUT2D eigenvalue weighted by Crippen LogP contribution is 2.19. The number of carboxylic acids is 1. The number of hydrogen-bond acceptors (Lipinski definition) is 4. The van der Waals surface area contributed by atoms with E-state index in [1.54, 1.807) is 6.92 Å². The summed E-state index contributed by atoms with van der Waals surface area (Å²) in [5, 5.41) is 9.16. The molecule has 1 aliphatic heterocycles. The van der Waals surface area contributed by atoms with E-state index in [4.69, 9.17) is 14.6 Å². The first-order valence-corrected chi connectivity index (χ1v) is 9.51. The second-order valence-electron chi connectivity index (χ2n) is 6.68. The number of fused-ring (bicyclic) bond motifs is 1. The molecule has 3 rings (SSSR count). The molecule has 0 aliphatic carbocycles. The Balaban J connectivity index is 1.49. The van der Waals surface area contributed by atoms with Gasteiger partial charge in [-0.25, -0.2) is 4.79 Å². The number of benzene rings is 2. The zero-order valence-electron chi connectivity index (χ0n) is 16.0. The van der Waals surface area contributed by atoms with Crippen LogP contribution in [0.3, 0.4) is 0 Å². The van der Waals surface area contributed by atoms with Gasteiger partial charge in [-0.05, 0) is 42.7 Å². The van der Waals surface area contributed by atoms with Crippen molar-refractivity contribution in [2.45, 2.75) is 25.9 Å². The number of nitrogens with zero attached hydrogens (tertiary/aromatic N) is 1. The van der Waals surface area contributed by atoms with E-state index in [1.807, 2.05) is 53.4 Å². The summed E-state index contributed by atoms with van der Waals surface area (Å²) in [4.78, 5) is 25.5. The molecule has 1 atom stereocenters. The van der Waals surface area contributed by atoms with E-state index in [-0.39, 0.29) is 5.91 Å². The van der Waals surface area contributed by atoms with Gasteiger partial charge in [0.05, 0.1) is 6.54 Å². The third-order valence-corrected chi connectivity index (χ3v) is 4.80. The van der Waals surface area contributed by atoms with E-state index in [9.17, 15) is 9.59 Å². The lowest BCUT2D eigenvalue weighted by atomic mass is 9.99. The first-order valence-electron chi connectivity index (χ1n) is 9.51. The van der Waals surface area contributed by atoms with Crippen LogP contribution in [-0.2, 0) is 22.4 Å². The largest absolute Gasteiger partial charge is 0.492 e. The van der Waals surface area contributed by atoms with Gasteiger partial charge >= 0.3 is 5.97 Å². The van der Waals surface area contributed by atoms with E-state index in [0.29, 0.717) is 38.5 Å². The minimum atomic E-state index is -0.963. The van der Waals surface area contributed by atoms with Crippen molar-refractivity contribution in [3.63, 3.8) is 0 Å². The highest BCUT2D eigenvalue weighted by atomic mass is 16.5. The third kappa shape index (κ3) is 4.89. The van der Waals surface area contributed by atoms with E-state index >= 15 is 0 Å². The molecule has 0 fully saturated rings. The molecule has 6 nitrogen and oxygen atoms in total. The van der Waals surface area contributed by atoms with Crippen LogP contribution >= 0.6 is 0 Å². The Bertz CT molecular complexity index is 818. The fourth-order valence-electron chi connectivity index (χ4n) is 3.32. The third-order valence-electron chi connectivity index (χ3n) is 4.80. The van der Waals surface area contributed by atoms with Crippen LogP contribution < -0.4 is 4.74 Å². The second-order valence-corrected chi connectivity index (χ2v) is 6.68. The van der Waals surface area contributed by atoms with Crippen molar-refractivity contribution in [2.24, 2.45) is 0 Å². The smallest absolute Gasteiger partial charge is 0.333 e. The lowest BCUT2D eigenvalue weighted by Gasteiger charge is -2.28. The van der Waals surface area contributed by atoms with E-state index in [0.717, 1.165) is 23.1 Å². The van der Waals surface area contributed by atoms with E-state index < -0.39 is 12.1 Å². The predicted molar refractivity (Wildman–Crippen MR) is 105 cm³/mol. The number of rotatable bonds is 9. The van der Waals surface area contributed by atoms with Gasteiger partial charge in [-0.15, -0.1) is 0 Å². The lowest BCUT2D eigenvalue weighted by molar-refractivity contribution is -0.149. The molecule has 0 saturated heterocycles. The molecule has 28 heavy (non-hydrogen) atoms. The standard InChI is InChI=1S/C22H25NO5/c1-2-27-20(22(25)26)15-16-7-9-18(10-8-16)28-14-13-23-12-11-17-5-3-4-6-19(17)21(23)24/h3-10,20H,2,11-15H2,1H3,(H,25,26). The zero-order chi connectivity index (χ0) is 19.9. The summed E-state index contributed by atoms with van der Waals surface area (Å²) in [6.07, 6.45) is 0.330. The van der Waals surface area contributed by atoms with Crippen molar-refractivity contribution in [1.29, 1.82) is 0 Å². The predicted octanol–water partition coefficient (Wildman–Crippen LogP) is 2.80. The SMILES string of the molecule is CCOC(Cc1ccc(OCCN2CCc3ccccc3C2=O)cc1)C(=O)O. The van der Waals surface area contributed by atoms with Gasteiger partial charge in [0.2, 0.25) is 0 Å². The van der Waals surface area contributed by atoms with Gasteiger partial charge in [-0.2, -0.15) is 0 Å². The summed E-state index contributed by atoms with van der Waals surface area (Å²) in [6, 6.07) is 15.0. The van der Waals surface area contributed by atoms with Crippen molar-refractivity contribution in [2.75, 3.05) is 26.3 Å². The zero-order valence-corrected chi connectivity index (χ0v) is 16.0. The normalized spacial score (nSPS) is 14.5. The highest BCUT2D eigenvalue weighted by Gasteiger charge is 2.23. The quantitative estimate of drug-likeness (QED) is 0.721. The van der Waals surface area contributed by atoms with Crippen molar-refractivity contribution in [3.05, 3.63) is 65.2 Å². The Kier molecular flexibility index (Phi) is 6.66. The Labute approximate surface area is 164 Å². The molecular weight excluding hydrogens is 358 g/mol. The molecule has 2 aromatic rings. The van der Waals surface area contributed by atoms with Gasteiger partial charge in [-0.1, -0.05) is 30.3 Å². The molecule has 0 aromatic heterocycles. The van der Waals surface area contributed by atoms with Gasteiger partial charge in [0, 0.05) is 25.1 Å². The fourth-order valence-corrected chi connectivity index (χ4v) is 3.32. The summed E-state index contributed by atoms with van der Waals surface area (Å²) in [6.45, 7) is 3.77. The van der Waals surface area contributed by atoms with Crippen molar-refractivity contribution in [3.8, 4) is 5.75 Å². The Morgan fingerprint density at radius 1 is 1.18 bits per heavy atom.